The first-order valence-corrected chi connectivity index (χ1v) is 10.6. The lowest BCUT2D eigenvalue weighted by Crippen LogP contribution is -2.12. The molecule has 8 heteroatoms. The summed E-state index contributed by atoms with van der Waals surface area (Å²) in [5.74, 6) is 0.0244. The fourth-order valence-electron chi connectivity index (χ4n) is 2.20. The standard InChI is InChI=1S/C18H21ClN2O3S2/c1-18(2,3)12-4-6-13(7-5-12)25-14-8-9-15(21-17(20)11-19)16(10-14)26(22,23)24/h4-10H,11H2,1-3H3,(H2,20,21)(H,22,23,24). The minimum Gasteiger partial charge on any atom is -0.386 e. The molecule has 3 N–H and O–H groups in total. The Labute approximate surface area is 163 Å². The van der Waals surface area contributed by atoms with E-state index in [-0.39, 0.29) is 27.7 Å². The van der Waals surface area contributed by atoms with E-state index in [0.29, 0.717) is 4.90 Å². The molecule has 0 saturated heterocycles. The third-order valence-electron chi connectivity index (χ3n) is 3.57. The largest absolute Gasteiger partial charge is 0.386 e. The lowest BCUT2D eigenvalue weighted by molar-refractivity contribution is 0.483. The molecule has 2 rings (SSSR count). The van der Waals surface area contributed by atoms with E-state index in [1.807, 2.05) is 24.3 Å². The quantitative estimate of drug-likeness (QED) is 0.323. The number of rotatable bonds is 5. The predicted octanol–water partition coefficient (Wildman–Crippen LogP) is 4.61. The van der Waals surface area contributed by atoms with Crippen LogP contribution >= 0.6 is 23.4 Å². The highest BCUT2D eigenvalue weighted by molar-refractivity contribution is 7.99. The molecule has 0 unspecified atom stereocenters. The first-order valence-electron chi connectivity index (χ1n) is 7.79. The van der Waals surface area contributed by atoms with Gasteiger partial charge in [-0.2, -0.15) is 8.42 Å². The fourth-order valence-corrected chi connectivity index (χ4v) is 3.85. The van der Waals surface area contributed by atoms with Crippen LogP contribution in [0.3, 0.4) is 0 Å². The number of amidine groups is 1. The van der Waals surface area contributed by atoms with Crippen molar-refractivity contribution in [1.82, 2.24) is 0 Å². The van der Waals surface area contributed by atoms with Crippen LogP contribution in [-0.4, -0.2) is 24.7 Å². The van der Waals surface area contributed by atoms with Crippen LogP contribution in [0.15, 0.2) is 62.1 Å². The Balaban J connectivity index is 2.36. The summed E-state index contributed by atoms with van der Waals surface area (Å²) in [5, 5.41) is 0. The summed E-state index contributed by atoms with van der Waals surface area (Å²) in [6.07, 6.45) is 0. The number of nitrogens with zero attached hydrogens (tertiary/aromatic N) is 1. The molecule has 0 aromatic heterocycles. The maximum atomic E-state index is 11.7. The predicted molar refractivity (Wildman–Crippen MR) is 108 cm³/mol. The Bertz CT molecular complexity index is 918. The van der Waals surface area contributed by atoms with Crippen molar-refractivity contribution in [3.63, 3.8) is 0 Å². The Hall–Kier alpha value is -1.54. The number of halogens is 1. The molecule has 0 aliphatic carbocycles. The lowest BCUT2D eigenvalue weighted by Gasteiger charge is -2.19. The van der Waals surface area contributed by atoms with Crippen LogP contribution in [0.5, 0.6) is 0 Å². The summed E-state index contributed by atoms with van der Waals surface area (Å²) in [6, 6.07) is 12.6. The molecule has 5 nitrogen and oxygen atoms in total. The van der Waals surface area contributed by atoms with Gasteiger partial charge in [-0.05, 0) is 41.3 Å². The maximum Gasteiger partial charge on any atom is 0.296 e. The molecule has 26 heavy (non-hydrogen) atoms. The van der Waals surface area contributed by atoms with Crippen LogP contribution in [0.2, 0.25) is 0 Å². The number of nitrogens with two attached hydrogens (primary N) is 1. The van der Waals surface area contributed by atoms with Gasteiger partial charge in [0, 0.05) is 9.79 Å². The smallest absolute Gasteiger partial charge is 0.296 e. The molecule has 0 radical (unpaired) electrons. The van der Waals surface area contributed by atoms with E-state index in [1.165, 1.54) is 29.5 Å². The van der Waals surface area contributed by atoms with Crippen molar-refractivity contribution in [2.75, 3.05) is 5.88 Å². The first-order chi connectivity index (χ1) is 12.0. The van der Waals surface area contributed by atoms with Crippen LogP contribution in [-0.2, 0) is 15.5 Å². The van der Waals surface area contributed by atoms with Crippen LogP contribution < -0.4 is 5.73 Å². The van der Waals surface area contributed by atoms with E-state index in [9.17, 15) is 13.0 Å². The molecule has 0 heterocycles. The Morgan fingerprint density at radius 2 is 1.73 bits per heavy atom. The van der Waals surface area contributed by atoms with E-state index < -0.39 is 10.1 Å². The SMILES string of the molecule is CC(C)(C)c1ccc(Sc2ccc(N=C(N)CCl)c(S(=O)(=O)O)c2)cc1. The van der Waals surface area contributed by atoms with Gasteiger partial charge in [-0.3, -0.25) is 4.55 Å². The van der Waals surface area contributed by atoms with Crippen LogP contribution in [0.25, 0.3) is 0 Å². The molecule has 0 aliphatic rings. The average molecular weight is 413 g/mol. The number of aliphatic imine (C=N–C) groups is 1. The van der Waals surface area contributed by atoms with Crippen LogP contribution in [0.4, 0.5) is 5.69 Å². The average Bonchev–Trinajstić information content (AvgIpc) is 2.54. The zero-order valence-corrected chi connectivity index (χ0v) is 17.1. The molecule has 0 spiro atoms. The van der Waals surface area contributed by atoms with Crippen molar-refractivity contribution in [2.24, 2.45) is 10.7 Å². The van der Waals surface area contributed by atoms with Gasteiger partial charge in [-0.1, -0.05) is 44.7 Å². The van der Waals surface area contributed by atoms with Crippen molar-refractivity contribution in [1.29, 1.82) is 0 Å². The van der Waals surface area contributed by atoms with Gasteiger partial charge in [-0.25, -0.2) is 4.99 Å². The molecule has 0 saturated carbocycles. The topological polar surface area (TPSA) is 92.8 Å². The van der Waals surface area contributed by atoms with Gasteiger partial charge in [0.15, 0.2) is 0 Å². The van der Waals surface area contributed by atoms with E-state index >= 15 is 0 Å². The van der Waals surface area contributed by atoms with Crippen molar-refractivity contribution >= 4 is 45.0 Å². The second-order valence-electron chi connectivity index (χ2n) is 6.72. The number of alkyl halides is 1. The van der Waals surface area contributed by atoms with Crippen LogP contribution in [0.1, 0.15) is 26.3 Å². The van der Waals surface area contributed by atoms with Gasteiger partial charge in [0.2, 0.25) is 0 Å². The molecule has 0 aliphatic heterocycles. The summed E-state index contributed by atoms with van der Waals surface area (Å²) in [6.45, 7) is 6.41. The molecular weight excluding hydrogens is 392 g/mol. The van der Waals surface area contributed by atoms with E-state index in [2.05, 4.69) is 25.8 Å². The highest BCUT2D eigenvalue weighted by atomic mass is 35.5. The molecule has 2 aromatic carbocycles. The molecule has 0 atom stereocenters. The maximum absolute atomic E-state index is 11.7. The van der Waals surface area contributed by atoms with Crippen molar-refractivity contribution in [3.05, 3.63) is 48.0 Å². The van der Waals surface area contributed by atoms with Crippen molar-refractivity contribution in [2.45, 2.75) is 40.9 Å². The number of hydrogen-bond donors (Lipinski definition) is 2. The lowest BCUT2D eigenvalue weighted by atomic mass is 9.87. The number of hydrogen-bond acceptors (Lipinski definition) is 4. The first kappa shape index (κ1) is 20.8. The number of benzene rings is 2. The zero-order chi connectivity index (χ0) is 19.5. The fraction of sp³-hybridized carbons (Fsp3) is 0.278. The van der Waals surface area contributed by atoms with E-state index in [0.717, 1.165) is 4.90 Å². The van der Waals surface area contributed by atoms with Gasteiger partial charge >= 0.3 is 0 Å². The normalized spacial score (nSPS) is 13.0. The third kappa shape index (κ3) is 5.48. The summed E-state index contributed by atoms with van der Waals surface area (Å²) in [4.78, 5) is 5.25. The van der Waals surface area contributed by atoms with Gasteiger partial charge in [0.25, 0.3) is 10.1 Å². The van der Waals surface area contributed by atoms with Crippen molar-refractivity contribution < 1.29 is 13.0 Å². The second-order valence-corrected chi connectivity index (χ2v) is 9.52. The minimum absolute atomic E-state index is 0.0401. The van der Waals surface area contributed by atoms with Gasteiger partial charge < -0.3 is 5.73 Å². The Morgan fingerprint density at radius 3 is 2.23 bits per heavy atom. The monoisotopic (exact) mass is 412 g/mol. The Morgan fingerprint density at radius 1 is 1.15 bits per heavy atom. The summed E-state index contributed by atoms with van der Waals surface area (Å²) in [5.41, 5.74) is 6.89. The van der Waals surface area contributed by atoms with Gasteiger partial charge in [-0.15, -0.1) is 11.6 Å². The molecule has 2 aromatic rings. The van der Waals surface area contributed by atoms with Gasteiger partial charge in [0.1, 0.15) is 10.7 Å². The zero-order valence-electron chi connectivity index (χ0n) is 14.7. The molecule has 0 bridgehead atoms. The van der Waals surface area contributed by atoms with Crippen molar-refractivity contribution in [3.8, 4) is 0 Å². The molecular formula is C18H21ClN2O3S2. The van der Waals surface area contributed by atoms with E-state index in [1.54, 1.807) is 6.07 Å². The van der Waals surface area contributed by atoms with E-state index in [4.69, 9.17) is 17.3 Å². The Kier molecular flexibility index (Phi) is 6.39. The summed E-state index contributed by atoms with van der Waals surface area (Å²) in [7, 11) is -4.45. The highest BCUT2D eigenvalue weighted by Gasteiger charge is 2.17. The molecule has 140 valence electrons. The summed E-state index contributed by atoms with van der Waals surface area (Å²) < 4.78 is 32.9. The highest BCUT2D eigenvalue weighted by Crippen LogP contribution is 2.34. The van der Waals surface area contributed by atoms with Crippen LogP contribution in [0, 0.1) is 0 Å². The molecule has 0 amide bonds. The summed E-state index contributed by atoms with van der Waals surface area (Å²) >= 11 is 6.97. The molecule has 0 fully saturated rings. The van der Waals surface area contributed by atoms with Gasteiger partial charge in [0.05, 0.1) is 11.6 Å². The third-order valence-corrected chi connectivity index (χ3v) is 5.72. The second kappa shape index (κ2) is 8.00. The minimum atomic E-state index is -4.45.